The Morgan fingerprint density at radius 2 is 1.60 bits per heavy atom. The van der Waals surface area contributed by atoms with Crippen molar-refractivity contribution in [2.24, 2.45) is 10.4 Å². The molecule has 0 fully saturated rings. The predicted octanol–water partition coefficient (Wildman–Crippen LogP) is 4.58. The average molecular weight is 330 g/mol. The van der Waals surface area contributed by atoms with Crippen molar-refractivity contribution in [3.63, 3.8) is 0 Å². The molecule has 0 bridgehead atoms. The number of rotatable bonds is 2. The maximum absolute atomic E-state index is 12.0. The molecule has 0 aliphatic carbocycles. The highest BCUT2D eigenvalue weighted by molar-refractivity contribution is 6.17. The molecule has 0 saturated carbocycles. The van der Waals surface area contributed by atoms with Gasteiger partial charge in [0.1, 0.15) is 6.07 Å². The summed E-state index contributed by atoms with van der Waals surface area (Å²) in [6, 6.07) is 18.8. The van der Waals surface area contributed by atoms with Crippen LogP contribution < -0.4 is 0 Å². The smallest absolute Gasteiger partial charge is 0.345 e. The molecule has 2 aromatic carbocycles. The Kier molecular flexibility index (Phi) is 4.24. The van der Waals surface area contributed by atoms with Crippen LogP contribution in [0.1, 0.15) is 42.3 Å². The van der Waals surface area contributed by atoms with Crippen LogP contribution in [-0.2, 0) is 4.74 Å². The molecule has 0 radical (unpaired) electrons. The first-order valence-corrected chi connectivity index (χ1v) is 8.02. The van der Waals surface area contributed by atoms with Crippen molar-refractivity contribution in [1.29, 1.82) is 5.26 Å². The molecule has 0 spiro atoms. The Labute approximate surface area is 147 Å². The van der Waals surface area contributed by atoms with Gasteiger partial charge in [-0.15, -0.1) is 0 Å². The van der Waals surface area contributed by atoms with E-state index in [4.69, 9.17) is 4.74 Å². The second-order valence-electron chi connectivity index (χ2n) is 6.80. The first-order chi connectivity index (χ1) is 11.9. The van der Waals surface area contributed by atoms with Crippen molar-refractivity contribution < 1.29 is 9.53 Å². The normalized spacial score (nSPS) is 16.1. The standard InChI is InChI=1S/C21H18N2O2/c1-21(2,3)18(17(13-22)14-9-5-4-6-10-14)23-19-15-11-7-8-12-16(15)20(24)25-19/h4-12H,1-3H3. The highest BCUT2D eigenvalue weighted by Crippen LogP contribution is 2.35. The fourth-order valence-electron chi connectivity index (χ4n) is 2.69. The third-order valence-corrected chi connectivity index (χ3v) is 3.90. The van der Waals surface area contributed by atoms with Gasteiger partial charge in [-0.1, -0.05) is 63.2 Å². The third kappa shape index (κ3) is 3.22. The van der Waals surface area contributed by atoms with Crippen molar-refractivity contribution in [3.05, 3.63) is 77.0 Å². The van der Waals surface area contributed by atoms with E-state index in [1.165, 1.54) is 0 Å². The van der Waals surface area contributed by atoms with Gasteiger partial charge in [0.05, 0.1) is 22.4 Å². The summed E-state index contributed by atoms with van der Waals surface area (Å²) in [6.07, 6.45) is 0. The van der Waals surface area contributed by atoms with E-state index in [1.807, 2.05) is 57.2 Å². The van der Waals surface area contributed by atoms with Gasteiger partial charge in [-0.25, -0.2) is 9.79 Å². The number of carbonyl (C=O) groups is 1. The van der Waals surface area contributed by atoms with Gasteiger partial charge in [0.15, 0.2) is 0 Å². The second kappa shape index (κ2) is 6.37. The first-order valence-electron chi connectivity index (χ1n) is 8.02. The Bertz CT molecular complexity index is 926. The van der Waals surface area contributed by atoms with Gasteiger partial charge in [-0.05, 0) is 17.7 Å². The highest BCUT2D eigenvalue weighted by Gasteiger charge is 2.30. The lowest BCUT2D eigenvalue weighted by Gasteiger charge is -2.21. The van der Waals surface area contributed by atoms with Crippen LogP contribution in [0, 0.1) is 16.7 Å². The minimum Gasteiger partial charge on any atom is -0.403 e. The maximum Gasteiger partial charge on any atom is 0.345 e. The molecule has 124 valence electrons. The number of fused-ring (bicyclic) bond motifs is 1. The van der Waals surface area contributed by atoms with Gasteiger partial charge >= 0.3 is 5.97 Å². The summed E-state index contributed by atoms with van der Waals surface area (Å²) in [6.45, 7) is 5.94. The lowest BCUT2D eigenvalue weighted by Crippen LogP contribution is -2.13. The summed E-state index contributed by atoms with van der Waals surface area (Å²) in [5, 5.41) is 9.75. The zero-order chi connectivity index (χ0) is 18.0. The summed E-state index contributed by atoms with van der Waals surface area (Å²) >= 11 is 0. The van der Waals surface area contributed by atoms with Gasteiger partial charge in [-0.3, -0.25) is 0 Å². The molecule has 1 aliphatic heterocycles. The summed E-state index contributed by atoms with van der Waals surface area (Å²) in [5.41, 5.74) is 2.59. The van der Waals surface area contributed by atoms with Gasteiger partial charge in [0.25, 0.3) is 0 Å². The minimum absolute atomic E-state index is 0.245. The Balaban J connectivity index is 2.22. The molecule has 1 heterocycles. The highest BCUT2D eigenvalue weighted by atomic mass is 16.5. The third-order valence-electron chi connectivity index (χ3n) is 3.90. The van der Waals surface area contributed by atoms with E-state index in [2.05, 4.69) is 11.1 Å². The molecule has 4 nitrogen and oxygen atoms in total. The fraction of sp³-hybridized carbons (Fsp3) is 0.190. The Hall–Kier alpha value is -3.19. The molecule has 0 N–H and O–H groups in total. The number of nitrogens with zero attached hydrogens (tertiary/aromatic N) is 2. The van der Waals surface area contributed by atoms with Gasteiger partial charge < -0.3 is 4.74 Å². The van der Waals surface area contributed by atoms with Crippen molar-refractivity contribution >= 4 is 17.4 Å². The van der Waals surface area contributed by atoms with Crippen molar-refractivity contribution in [3.8, 4) is 6.07 Å². The predicted molar refractivity (Wildman–Crippen MR) is 96.8 cm³/mol. The molecule has 2 aromatic rings. The molecule has 0 saturated heterocycles. The number of cyclic esters (lactones) is 1. The lowest BCUT2D eigenvalue weighted by molar-refractivity contribution is 0.0737. The number of benzene rings is 2. The van der Waals surface area contributed by atoms with Crippen molar-refractivity contribution in [1.82, 2.24) is 0 Å². The Morgan fingerprint density at radius 1 is 1.00 bits per heavy atom. The van der Waals surface area contributed by atoms with Crippen LogP contribution in [0.5, 0.6) is 0 Å². The molecular formula is C21H18N2O2. The number of carbonyl (C=O) groups excluding carboxylic acids is 1. The zero-order valence-corrected chi connectivity index (χ0v) is 14.4. The van der Waals surface area contributed by atoms with E-state index in [9.17, 15) is 10.1 Å². The molecule has 4 heteroatoms. The largest absolute Gasteiger partial charge is 0.403 e. The monoisotopic (exact) mass is 330 g/mol. The van der Waals surface area contributed by atoms with Crippen molar-refractivity contribution in [2.45, 2.75) is 20.8 Å². The fourth-order valence-corrected chi connectivity index (χ4v) is 2.69. The summed E-state index contributed by atoms with van der Waals surface area (Å²) < 4.78 is 5.36. The Morgan fingerprint density at radius 3 is 2.20 bits per heavy atom. The number of aliphatic imine (C=N–C) groups is 1. The van der Waals surface area contributed by atoms with Gasteiger partial charge in [0, 0.05) is 5.41 Å². The average Bonchev–Trinajstić information content (AvgIpc) is 2.91. The summed E-state index contributed by atoms with van der Waals surface area (Å²) in [5.74, 6) is -0.171. The van der Waals surface area contributed by atoms with Crippen molar-refractivity contribution in [2.75, 3.05) is 0 Å². The van der Waals surface area contributed by atoms with Crippen LogP contribution in [0.2, 0.25) is 0 Å². The maximum atomic E-state index is 12.0. The molecule has 0 atom stereocenters. The van der Waals surface area contributed by atoms with E-state index in [0.29, 0.717) is 22.4 Å². The molecule has 0 unspecified atom stereocenters. The molecule has 0 amide bonds. The van der Waals surface area contributed by atoms with Crippen LogP contribution in [0.25, 0.3) is 5.57 Å². The zero-order valence-electron chi connectivity index (χ0n) is 14.4. The lowest BCUT2D eigenvalue weighted by atomic mass is 9.87. The van der Waals surface area contributed by atoms with E-state index < -0.39 is 11.4 Å². The van der Waals surface area contributed by atoms with Gasteiger partial charge in [0.2, 0.25) is 5.90 Å². The second-order valence-corrected chi connectivity index (χ2v) is 6.80. The van der Waals surface area contributed by atoms with Crippen LogP contribution in [0.3, 0.4) is 0 Å². The molecule has 3 rings (SSSR count). The number of nitriles is 1. The summed E-state index contributed by atoms with van der Waals surface area (Å²) in [7, 11) is 0. The molecule has 0 aromatic heterocycles. The van der Waals surface area contributed by atoms with Gasteiger partial charge in [-0.2, -0.15) is 5.26 Å². The van der Waals surface area contributed by atoms with Crippen LogP contribution in [-0.4, -0.2) is 11.9 Å². The SMILES string of the molecule is CC(C)(C)C(N=C1OC(=O)c2ccccc21)=C(C#N)c1ccccc1. The molecule has 25 heavy (non-hydrogen) atoms. The minimum atomic E-state index is -0.416. The molecular weight excluding hydrogens is 312 g/mol. The van der Waals surface area contributed by atoms with E-state index >= 15 is 0 Å². The number of esters is 1. The van der Waals surface area contributed by atoms with Crippen LogP contribution >= 0.6 is 0 Å². The van der Waals surface area contributed by atoms with E-state index in [0.717, 1.165) is 5.56 Å². The molecule has 1 aliphatic rings. The number of hydrogen-bond acceptors (Lipinski definition) is 4. The topological polar surface area (TPSA) is 62.4 Å². The van der Waals surface area contributed by atoms with E-state index in [-0.39, 0.29) is 5.90 Å². The van der Waals surface area contributed by atoms with E-state index in [1.54, 1.807) is 18.2 Å². The van der Waals surface area contributed by atoms with Crippen LogP contribution in [0.15, 0.2) is 65.3 Å². The summed E-state index contributed by atoms with van der Waals surface area (Å²) in [4.78, 5) is 16.6. The number of allylic oxidation sites excluding steroid dienone is 2. The number of hydrogen-bond donors (Lipinski definition) is 0. The first kappa shape index (κ1) is 16.7. The quantitative estimate of drug-likeness (QED) is 0.598. The number of ether oxygens (including phenoxy) is 1. The van der Waals surface area contributed by atoms with Crippen LogP contribution in [0.4, 0.5) is 0 Å².